The van der Waals surface area contributed by atoms with Crippen LogP contribution in [0.3, 0.4) is 0 Å². The summed E-state index contributed by atoms with van der Waals surface area (Å²) in [7, 11) is 0. The number of hydrogen-bond acceptors (Lipinski definition) is 2. The van der Waals surface area contributed by atoms with Gasteiger partial charge in [-0.05, 0) is 77.4 Å². The monoisotopic (exact) mass is 590 g/mol. The standard InChI is InChI=1S/C40H79NO/c1-3-5-7-9-11-13-15-17-19-21-23-25-27-29-31-33-37-41(39-35-36-40-42)38-34-32-30-28-26-24-22-20-18-16-14-12-10-8-6-4-2/h11,13,17,19,42H,3-10,12,14-16,18,20-40H2,1-2H3/b13-11+,19-17+. The van der Waals surface area contributed by atoms with Crippen molar-refractivity contribution in [2.75, 3.05) is 26.2 Å². The Morgan fingerprint density at radius 3 is 1.07 bits per heavy atom. The van der Waals surface area contributed by atoms with Gasteiger partial charge in [-0.3, -0.25) is 0 Å². The van der Waals surface area contributed by atoms with Crippen LogP contribution in [0.25, 0.3) is 0 Å². The van der Waals surface area contributed by atoms with E-state index in [2.05, 4.69) is 43.1 Å². The van der Waals surface area contributed by atoms with Crippen LogP contribution in [0, 0.1) is 0 Å². The summed E-state index contributed by atoms with van der Waals surface area (Å²) in [5.41, 5.74) is 0. The Bertz CT molecular complexity index is 528. The topological polar surface area (TPSA) is 23.5 Å². The van der Waals surface area contributed by atoms with Crippen molar-refractivity contribution in [2.45, 2.75) is 206 Å². The van der Waals surface area contributed by atoms with Crippen LogP contribution in [0.4, 0.5) is 0 Å². The molecule has 0 aromatic heterocycles. The van der Waals surface area contributed by atoms with E-state index in [9.17, 15) is 5.11 Å². The zero-order valence-corrected chi connectivity index (χ0v) is 29.2. The third kappa shape index (κ3) is 35.6. The molecule has 2 nitrogen and oxygen atoms in total. The van der Waals surface area contributed by atoms with E-state index < -0.39 is 0 Å². The molecule has 250 valence electrons. The lowest BCUT2D eigenvalue weighted by Gasteiger charge is -2.22. The minimum absolute atomic E-state index is 0.345. The summed E-state index contributed by atoms with van der Waals surface area (Å²) in [4.78, 5) is 2.70. The molecule has 1 N–H and O–H groups in total. The molecule has 0 saturated heterocycles. The number of rotatable bonds is 36. The van der Waals surface area contributed by atoms with Gasteiger partial charge in [0, 0.05) is 6.61 Å². The van der Waals surface area contributed by atoms with Gasteiger partial charge < -0.3 is 10.0 Å². The molecular weight excluding hydrogens is 510 g/mol. The fourth-order valence-corrected chi connectivity index (χ4v) is 5.99. The van der Waals surface area contributed by atoms with Gasteiger partial charge in [-0.1, -0.05) is 173 Å². The fraction of sp³-hybridized carbons (Fsp3) is 0.900. The molecule has 0 fully saturated rings. The highest BCUT2D eigenvalue weighted by atomic mass is 16.2. The predicted octanol–water partition coefficient (Wildman–Crippen LogP) is 13.1. The van der Waals surface area contributed by atoms with Crippen molar-refractivity contribution >= 4 is 0 Å². The molecule has 0 amide bonds. The molecule has 0 radical (unpaired) electrons. The fourth-order valence-electron chi connectivity index (χ4n) is 5.99. The lowest BCUT2D eigenvalue weighted by atomic mass is 10.0. The Morgan fingerprint density at radius 2 is 0.667 bits per heavy atom. The first-order chi connectivity index (χ1) is 20.8. The minimum atomic E-state index is 0.345. The lowest BCUT2D eigenvalue weighted by molar-refractivity contribution is 0.234. The molecule has 0 aromatic rings. The first-order valence-electron chi connectivity index (χ1n) is 19.5. The zero-order chi connectivity index (χ0) is 30.4. The zero-order valence-electron chi connectivity index (χ0n) is 29.2. The second-order valence-corrected chi connectivity index (χ2v) is 13.2. The molecule has 0 bridgehead atoms. The van der Waals surface area contributed by atoms with Crippen molar-refractivity contribution < 1.29 is 5.11 Å². The number of aliphatic hydroxyl groups excluding tert-OH is 1. The molecule has 42 heavy (non-hydrogen) atoms. The van der Waals surface area contributed by atoms with Gasteiger partial charge in [0.1, 0.15) is 0 Å². The summed E-state index contributed by atoms with van der Waals surface area (Å²) in [6.07, 6.45) is 50.5. The Morgan fingerprint density at radius 1 is 0.357 bits per heavy atom. The summed E-state index contributed by atoms with van der Waals surface area (Å²) < 4.78 is 0. The van der Waals surface area contributed by atoms with E-state index in [0.717, 1.165) is 19.3 Å². The summed E-state index contributed by atoms with van der Waals surface area (Å²) in [6.45, 7) is 8.63. The first-order valence-corrected chi connectivity index (χ1v) is 19.5. The molecule has 0 spiro atoms. The number of allylic oxidation sites excluding steroid dienone is 4. The lowest BCUT2D eigenvalue weighted by Crippen LogP contribution is -2.27. The largest absolute Gasteiger partial charge is 0.396 e. The van der Waals surface area contributed by atoms with E-state index in [-0.39, 0.29) is 0 Å². The van der Waals surface area contributed by atoms with Gasteiger partial charge in [-0.2, -0.15) is 0 Å². The maximum absolute atomic E-state index is 9.20. The van der Waals surface area contributed by atoms with Gasteiger partial charge in [0.25, 0.3) is 0 Å². The van der Waals surface area contributed by atoms with Crippen molar-refractivity contribution in [1.29, 1.82) is 0 Å². The highest BCUT2D eigenvalue weighted by Gasteiger charge is 2.05. The number of unbranched alkanes of at least 4 members (excludes halogenated alkanes) is 25. The van der Waals surface area contributed by atoms with E-state index in [4.69, 9.17) is 0 Å². The molecule has 0 saturated carbocycles. The molecule has 0 rings (SSSR count). The predicted molar refractivity (Wildman–Crippen MR) is 192 cm³/mol. The molecule has 0 aliphatic carbocycles. The average Bonchev–Trinajstić information content (AvgIpc) is 3.00. The second-order valence-electron chi connectivity index (χ2n) is 13.2. The van der Waals surface area contributed by atoms with Gasteiger partial charge in [0.2, 0.25) is 0 Å². The van der Waals surface area contributed by atoms with E-state index in [0.29, 0.717) is 6.61 Å². The molecular formula is C40H79NO. The van der Waals surface area contributed by atoms with Crippen LogP contribution < -0.4 is 0 Å². The number of hydrogen-bond donors (Lipinski definition) is 1. The third-order valence-corrected chi connectivity index (χ3v) is 8.89. The number of aliphatic hydroxyl groups is 1. The summed E-state index contributed by atoms with van der Waals surface area (Å²) in [5, 5.41) is 9.20. The first kappa shape index (κ1) is 41.4. The maximum Gasteiger partial charge on any atom is 0.0431 e. The SMILES string of the molecule is CCCCC/C=C/C/C=C/CCCCCCCCN(CCCCO)CCCCCCCCCCCCCCCCCC. The quantitative estimate of drug-likeness (QED) is 0.0580. The van der Waals surface area contributed by atoms with Crippen molar-refractivity contribution in [2.24, 2.45) is 0 Å². The Hall–Kier alpha value is -0.600. The van der Waals surface area contributed by atoms with Crippen LogP contribution in [0.5, 0.6) is 0 Å². The molecule has 0 heterocycles. The molecule has 0 aliphatic rings. The minimum Gasteiger partial charge on any atom is -0.396 e. The van der Waals surface area contributed by atoms with Gasteiger partial charge in [-0.15, -0.1) is 0 Å². The highest BCUT2D eigenvalue weighted by Crippen LogP contribution is 2.14. The summed E-state index contributed by atoms with van der Waals surface area (Å²) in [6, 6.07) is 0. The van der Waals surface area contributed by atoms with Crippen molar-refractivity contribution in [3.63, 3.8) is 0 Å². The van der Waals surface area contributed by atoms with Crippen molar-refractivity contribution in [1.82, 2.24) is 4.90 Å². The smallest absolute Gasteiger partial charge is 0.0431 e. The Kier molecular flexibility index (Phi) is 37.9. The Balaban J connectivity index is 3.60. The van der Waals surface area contributed by atoms with Crippen molar-refractivity contribution in [3.8, 4) is 0 Å². The van der Waals surface area contributed by atoms with E-state index in [1.54, 1.807) is 0 Å². The van der Waals surface area contributed by atoms with Crippen LogP contribution in [0.15, 0.2) is 24.3 Å². The normalized spacial score (nSPS) is 12.1. The van der Waals surface area contributed by atoms with Gasteiger partial charge in [-0.25, -0.2) is 0 Å². The third-order valence-electron chi connectivity index (χ3n) is 8.89. The highest BCUT2D eigenvalue weighted by molar-refractivity contribution is 4.92. The molecule has 0 aromatic carbocycles. The van der Waals surface area contributed by atoms with Crippen LogP contribution in [-0.2, 0) is 0 Å². The van der Waals surface area contributed by atoms with Crippen LogP contribution >= 0.6 is 0 Å². The van der Waals surface area contributed by atoms with E-state index in [1.165, 1.54) is 193 Å². The molecule has 2 heteroatoms. The van der Waals surface area contributed by atoms with Gasteiger partial charge in [0.15, 0.2) is 0 Å². The van der Waals surface area contributed by atoms with Crippen LogP contribution in [0.2, 0.25) is 0 Å². The van der Waals surface area contributed by atoms with Gasteiger partial charge >= 0.3 is 0 Å². The molecule has 0 atom stereocenters. The Labute approximate surface area is 266 Å². The summed E-state index contributed by atoms with van der Waals surface area (Å²) >= 11 is 0. The average molecular weight is 590 g/mol. The van der Waals surface area contributed by atoms with Crippen LogP contribution in [0.1, 0.15) is 206 Å². The van der Waals surface area contributed by atoms with Crippen LogP contribution in [-0.4, -0.2) is 36.2 Å². The van der Waals surface area contributed by atoms with Crippen molar-refractivity contribution in [3.05, 3.63) is 24.3 Å². The van der Waals surface area contributed by atoms with E-state index >= 15 is 0 Å². The maximum atomic E-state index is 9.20. The summed E-state index contributed by atoms with van der Waals surface area (Å²) in [5.74, 6) is 0. The molecule has 0 aliphatic heterocycles. The molecule has 0 unspecified atom stereocenters. The van der Waals surface area contributed by atoms with Gasteiger partial charge in [0.05, 0.1) is 0 Å². The second kappa shape index (κ2) is 38.4. The number of nitrogens with zero attached hydrogens (tertiary/aromatic N) is 1. The van der Waals surface area contributed by atoms with E-state index in [1.807, 2.05) is 0 Å².